The molecule has 1 aromatic rings. The Morgan fingerprint density at radius 3 is 3.00 bits per heavy atom. The van der Waals surface area contributed by atoms with Crippen LogP contribution in [0.5, 0.6) is 0 Å². The van der Waals surface area contributed by atoms with E-state index in [1.54, 1.807) is 0 Å². The number of amides is 1. The van der Waals surface area contributed by atoms with E-state index in [1.807, 2.05) is 29.2 Å². The highest BCUT2D eigenvalue weighted by Gasteiger charge is 2.21. The van der Waals surface area contributed by atoms with Crippen molar-refractivity contribution >= 4 is 23.4 Å². The second kappa shape index (κ2) is 4.64. The van der Waals surface area contributed by atoms with Crippen LogP contribution in [0.2, 0.25) is 0 Å². The van der Waals surface area contributed by atoms with E-state index in [0.29, 0.717) is 13.0 Å². The molecule has 3 nitrogen and oxygen atoms in total. The number of anilines is 1. The molecule has 1 amide bonds. The van der Waals surface area contributed by atoms with Crippen LogP contribution in [-0.2, 0) is 11.3 Å². The molecule has 0 aliphatic carbocycles. The van der Waals surface area contributed by atoms with Crippen LogP contribution in [0.15, 0.2) is 24.3 Å². The van der Waals surface area contributed by atoms with Gasteiger partial charge in [0.25, 0.3) is 0 Å². The van der Waals surface area contributed by atoms with E-state index in [9.17, 15) is 4.79 Å². The monoisotopic (exact) mass is 224 g/mol. The first-order valence-corrected chi connectivity index (χ1v) is 5.42. The van der Waals surface area contributed by atoms with Gasteiger partial charge in [0.1, 0.15) is 0 Å². The maximum Gasteiger partial charge on any atom is 0.227 e. The van der Waals surface area contributed by atoms with E-state index < -0.39 is 0 Å². The fourth-order valence-corrected chi connectivity index (χ4v) is 1.99. The summed E-state index contributed by atoms with van der Waals surface area (Å²) in [5, 5.41) is 0. The minimum absolute atomic E-state index is 0.214. The van der Waals surface area contributed by atoms with Crippen molar-refractivity contribution in [2.75, 3.05) is 11.4 Å². The van der Waals surface area contributed by atoms with Crippen LogP contribution < -0.4 is 9.74 Å². The molecule has 1 aliphatic heterocycles. The van der Waals surface area contributed by atoms with Crippen molar-refractivity contribution in [1.29, 1.82) is 0 Å². The third kappa shape index (κ3) is 2.30. The fourth-order valence-electron chi connectivity index (χ4n) is 1.83. The average Bonchev–Trinajstić information content (AvgIpc) is 2.65. The molecule has 1 saturated heterocycles. The predicted octanol–water partition coefficient (Wildman–Crippen LogP) is 2.06. The van der Waals surface area contributed by atoms with Gasteiger partial charge in [0, 0.05) is 25.2 Å². The Labute approximate surface area is 94.1 Å². The van der Waals surface area contributed by atoms with Crippen molar-refractivity contribution in [3.05, 3.63) is 29.8 Å². The van der Waals surface area contributed by atoms with E-state index in [4.69, 9.17) is 11.8 Å². The number of halogens is 1. The van der Waals surface area contributed by atoms with Crippen LogP contribution in [-0.4, -0.2) is 12.5 Å². The normalized spacial score (nSPS) is 16.1. The van der Waals surface area contributed by atoms with Gasteiger partial charge in [-0.15, -0.1) is 0 Å². The Hall–Kier alpha value is -1.06. The van der Waals surface area contributed by atoms with Crippen LogP contribution in [0.3, 0.4) is 0 Å². The number of benzene rings is 1. The average molecular weight is 225 g/mol. The maximum absolute atomic E-state index is 11.5. The summed E-state index contributed by atoms with van der Waals surface area (Å²) in [4.78, 5) is 15.9. The molecule has 0 atom stereocenters. The van der Waals surface area contributed by atoms with Crippen LogP contribution in [0, 0.1) is 0 Å². The Bertz CT molecular complexity index is 367. The highest BCUT2D eigenvalue weighted by atomic mass is 35.5. The number of carbonyl (C=O) groups is 1. The summed E-state index contributed by atoms with van der Waals surface area (Å²) >= 11 is 5.45. The molecule has 4 heteroatoms. The van der Waals surface area contributed by atoms with E-state index in [-0.39, 0.29) is 5.91 Å². The molecule has 1 aliphatic rings. The van der Waals surface area contributed by atoms with Crippen molar-refractivity contribution in [3.63, 3.8) is 0 Å². The van der Waals surface area contributed by atoms with Gasteiger partial charge >= 0.3 is 0 Å². The lowest BCUT2D eigenvalue weighted by Gasteiger charge is -2.16. The number of nitrogens with one attached hydrogen (secondary N) is 1. The van der Waals surface area contributed by atoms with Gasteiger partial charge in [-0.1, -0.05) is 12.1 Å². The Balaban J connectivity index is 2.20. The first kappa shape index (κ1) is 10.5. The van der Waals surface area contributed by atoms with Crippen LogP contribution in [0.25, 0.3) is 0 Å². The summed E-state index contributed by atoms with van der Waals surface area (Å²) in [6.45, 7) is 1.44. The molecule has 1 aromatic carbocycles. The number of carbonyl (C=O) groups excluding carboxylic acids is 1. The summed E-state index contributed by atoms with van der Waals surface area (Å²) in [7, 11) is 0. The molecular weight excluding hydrogens is 212 g/mol. The lowest BCUT2D eigenvalue weighted by atomic mass is 10.2. The van der Waals surface area contributed by atoms with Gasteiger partial charge in [0.2, 0.25) is 5.91 Å². The number of hydrogen-bond acceptors (Lipinski definition) is 2. The van der Waals surface area contributed by atoms with Gasteiger partial charge in [-0.05, 0) is 35.9 Å². The molecule has 1 heterocycles. The third-order valence-electron chi connectivity index (χ3n) is 2.57. The van der Waals surface area contributed by atoms with Crippen LogP contribution >= 0.6 is 11.8 Å². The smallest absolute Gasteiger partial charge is 0.227 e. The topological polar surface area (TPSA) is 32.3 Å². The summed E-state index contributed by atoms with van der Waals surface area (Å²) in [5.74, 6) is 0.214. The third-order valence-corrected chi connectivity index (χ3v) is 2.70. The van der Waals surface area contributed by atoms with Crippen LogP contribution in [0.1, 0.15) is 18.4 Å². The standard InChI is InChI=1S/C11H13ClN2O/c12-13-8-9-3-1-4-10(7-9)14-6-2-5-11(14)15/h1,3-4,7,13H,2,5-6,8H2. The maximum atomic E-state index is 11.5. The highest BCUT2D eigenvalue weighted by molar-refractivity contribution is 6.13. The van der Waals surface area contributed by atoms with E-state index >= 15 is 0 Å². The predicted molar refractivity (Wildman–Crippen MR) is 60.7 cm³/mol. The molecule has 80 valence electrons. The zero-order valence-electron chi connectivity index (χ0n) is 8.37. The molecule has 0 spiro atoms. The van der Waals surface area contributed by atoms with Crippen molar-refractivity contribution in [2.24, 2.45) is 0 Å². The Morgan fingerprint density at radius 1 is 1.47 bits per heavy atom. The summed E-state index contributed by atoms with van der Waals surface area (Å²) in [5.41, 5.74) is 2.06. The van der Waals surface area contributed by atoms with Crippen molar-refractivity contribution in [1.82, 2.24) is 4.84 Å². The molecular formula is C11H13ClN2O. The molecule has 1 N–H and O–H groups in total. The molecule has 0 bridgehead atoms. The van der Waals surface area contributed by atoms with Gasteiger partial charge in [0.05, 0.1) is 0 Å². The SMILES string of the molecule is O=C1CCCN1c1cccc(CNCl)c1. The van der Waals surface area contributed by atoms with Gasteiger partial charge in [0.15, 0.2) is 0 Å². The quantitative estimate of drug-likeness (QED) is 0.798. The largest absolute Gasteiger partial charge is 0.312 e. The molecule has 0 aromatic heterocycles. The summed E-state index contributed by atoms with van der Waals surface area (Å²) in [6, 6.07) is 7.89. The fraction of sp³-hybridized carbons (Fsp3) is 0.364. The Kier molecular flexibility index (Phi) is 3.23. The summed E-state index contributed by atoms with van der Waals surface area (Å²) in [6.07, 6.45) is 1.62. The molecule has 0 unspecified atom stereocenters. The van der Waals surface area contributed by atoms with Gasteiger partial charge in [-0.3, -0.25) is 4.79 Å². The Morgan fingerprint density at radius 2 is 2.33 bits per heavy atom. The minimum atomic E-state index is 0.214. The van der Waals surface area contributed by atoms with E-state index in [1.165, 1.54) is 0 Å². The number of nitrogens with zero attached hydrogens (tertiary/aromatic N) is 1. The molecule has 15 heavy (non-hydrogen) atoms. The van der Waals surface area contributed by atoms with E-state index in [0.717, 1.165) is 24.2 Å². The highest BCUT2D eigenvalue weighted by Crippen LogP contribution is 2.22. The lowest BCUT2D eigenvalue weighted by molar-refractivity contribution is -0.117. The molecule has 2 rings (SSSR count). The van der Waals surface area contributed by atoms with Gasteiger partial charge in [-0.2, -0.15) is 0 Å². The molecule has 0 saturated carbocycles. The lowest BCUT2D eigenvalue weighted by Crippen LogP contribution is -2.23. The second-order valence-corrected chi connectivity index (χ2v) is 3.90. The zero-order valence-corrected chi connectivity index (χ0v) is 9.13. The van der Waals surface area contributed by atoms with Crippen molar-refractivity contribution in [3.8, 4) is 0 Å². The number of rotatable bonds is 3. The first-order valence-electron chi connectivity index (χ1n) is 5.04. The van der Waals surface area contributed by atoms with Crippen molar-refractivity contribution in [2.45, 2.75) is 19.4 Å². The van der Waals surface area contributed by atoms with Crippen molar-refractivity contribution < 1.29 is 4.79 Å². The second-order valence-electron chi connectivity index (χ2n) is 3.63. The minimum Gasteiger partial charge on any atom is -0.312 e. The van der Waals surface area contributed by atoms with Crippen LogP contribution in [0.4, 0.5) is 5.69 Å². The first-order chi connectivity index (χ1) is 7.31. The molecule has 0 radical (unpaired) electrons. The zero-order chi connectivity index (χ0) is 10.7. The molecule has 1 fully saturated rings. The number of hydrogen-bond donors (Lipinski definition) is 1. The van der Waals surface area contributed by atoms with Gasteiger partial charge in [-0.25, -0.2) is 4.84 Å². The van der Waals surface area contributed by atoms with Gasteiger partial charge < -0.3 is 4.90 Å². The van der Waals surface area contributed by atoms with E-state index in [2.05, 4.69) is 4.84 Å². The summed E-state index contributed by atoms with van der Waals surface area (Å²) < 4.78 is 0.